The summed E-state index contributed by atoms with van der Waals surface area (Å²) in [5.41, 5.74) is 24.0. The number of aromatic nitrogens is 3. The molecule has 0 aliphatic carbocycles. The topological polar surface area (TPSA) is 38.7 Å². The molecule has 0 amide bonds. The Hall–Kier alpha value is -8.92. The number of pyridine rings is 3. The van der Waals surface area contributed by atoms with Crippen LogP contribution >= 0.6 is 0 Å². The fourth-order valence-electron chi connectivity index (χ4n) is 10.2. The zero-order chi connectivity index (χ0) is 56.5. The van der Waals surface area contributed by atoms with Crippen LogP contribution in [0.2, 0.25) is 0 Å². The van der Waals surface area contributed by atoms with Crippen molar-refractivity contribution in [1.82, 2.24) is 15.0 Å². The van der Waals surface area contributed by atoms with Gasteiger partial charge in [0.1, 0.15) is 0 Å². The first-order chi connectivity index (χ1) is 39.7. The van der Waals surface area contributed by atoms with Crippen molar-refractivity contribution >= 4 is 0 Å². The van der Waals surface area contributed by atoms with Gasteiger partial charge < -0.3 is 15.0 Å². The van der Waals surface area contributed by atoms with E-state index in [9.17, 15) is 0 Å². The minimum atomic E-state index is -2.25. The Morgan fingerprint density at radius 1 is 0.312 bits per heavy atom. The van der Waals surface area contributed by atoms with E-state index in [1.807, 2.05) is 54.7 Å². The molecule has 3 aromatic heterocycles. The van der Waals surface area contributed by atoms with Crippen molar-refractivity contribution in [3.05, 3.63) is 283 Å². The fraction of sp³-hybridized carbons (Fsp3) is 0.0548. The molecule has 0 radical (unpaired) electrons. The molecule has 0 aliphatic rings. The minimum Gasteiger partial charge on any atom is -0.305 e. The molecule has 3 nitrogen and oxygen atoms in total. The monoisotopic (exact) mass is 1170 g/mol. The summed E-state index contributed by atoms with van der Waals surface area (Å²) in [6.07, 6.45) is 4.82. The summed E-state index contributed by atoms with van der Waals surface area (Å²) in [7, 11) is 0. The number of aryl methyl sites for hydroxylation is 4. The molecule has 0 unspecified atom stereocenters. The fourth-order valence-corrected chi connectivity index (χ4v) is 10.2. The van der Waals surface area contributed by atoms with Crippen molar-refractivity contribution in [2.24, 2.45) is 0 Å². The molecule has 0 atom stereocenters. The van der Waals surface area contributed by atoms with Crippen LogP contribution in [0, 0.1) is 45.8 Å². The van der Waals surface area contributed by atoms with Crippen molar-refractivity contribution in [2.45, 2.75) is 27.6 Å². The van der Waals surface area contributed by atoms with Gasteiger partial charge in [0.2, 0.25) is 0 Å². The minimum absolute atomic E-state index is 0. The van der Waals surface area contributed by atoms with Gasteiger partial charge in [-0.2, -0.15) is 0 Å². The van der Waals surface area contributed by atoms with Crippen LogP contribution in [0.3, 0.4) is 0 Å². The third-order valence-electron chi connectivity index (χ3n) is 14.1. The van der Waals surface area contributed by atoms with Crippen molar-refractivity contribution in [3.63, 3.8) is 0 Å². The van der Waals surface area contributed by atoms with Gasteiger partial charge in [-0.25, -0.2) is 0 Å². The van der Waals surface area contributed by atoms with E-state index >= 15 is 0 Å². The standard InChI is InChI=1S/C73H52N3.Ir/c1-48-36-38-74-72(40-48)57-31-25-54(26-32-57)64-17-9-12-20-67(64)61-43-60(66-19-11-8-16-63(66)53-23-29-56(30-24-53)71-35-22-49(2)47-76-71)44-62(45-61)68-21-13-10-18-65(68)55-27-33-58(34-28-55)73-46-59(37-39-75-73)70-42-50(3)69(41-51(70)4)52-14-6-5-7-15-52;/h5-29,31,33,35-47H,1-4H3;/q-3;+3/i1D3,2D3;. The van der Waals surface area contributed by atoms with Crippen LogP contribution in [-0.4, -0.2) is 15.0 Å². The van der Waals surface area contributed by atoms with Gasteiger partial charge in [0.25, 0.3) is 0 Å². The van der Waals surface area contributed by atoms with E-state index in [0.29, 0.717) is 17.0 Å². The first-order valence-electron chi connectivity index (χ1n) is 28.3. The van der Waals surface area contributed by atoms with E-state index in [4.69, 9.17) is 13.2 Å². The summed E-state index contributed by atoms with van der Waals surface area (Å²) in [6, 6.07) is 86.5. The number of nitrogens with zero attached hydrogens (tertiary/aromatic N) is 3. The van der Waals surface area contributed by atoms with E-state index in [-0.39, 0.29) is 31.2 Å². The summed E-state index contributed by atoms with van der Waals surface area (Å²) in [4.78, 5) is 13.8. The molecule has 0 fully saturated rings. The molecule has 0 saturated carbocycles. The Kier molecular flexibility index (Phi) is 12.4. The summed E-state index contributed by atoms with van der Waals surface area (Å²) in [5.74, 6) is 0. The zero-order valence-electron chi connectivity index (χ0n) is 48.3. The maximum atomic E-state index is 7.96. The van der Waals surface area contributed by atoms with Gasteiger partial charge in [-0.1, -0.05) is 178 Å². The molecule has 0 aliphatic heterocycles. The maximum Gasteiger partial charge on any atom is 3.00 e. The summed E-state index contributed by atoms with van der Waals surface area (Å²) in [6.45, 7) is -0.148. The van der Waals surface area contributed by atoms with Crippen molar-refractivity contribution in [1.29, 1.82) is 0 Å². The van der Waals surface area contributed by atoms with Crippen molar-refractivity contribution in [2.75, 3.05) is 0 Å². The van der Waals surface area contributed by atoms with E-state index in [0.717, 1.165) is 89.1 Å². The molecular weight excluding hydrogens is 1110 g/mol. The number of hydrogen-bond donors (Lipinski definition) is 0. The van der Waals surface area contributed by atoms with Gasteiger partial charge in [-0.3, -0.25) is 0 Å². The van der Waals surface area contributed by atoms with Gasteiger partial charge in [-0.15, -0.1) is 89.5 Å². The molecule has 12 rings (SSSR count). The summed E-state index contributed by atoms with van der Waals surface area (Å²) >= 11 is 0. The predicted octanol–water partition coefficient (Wildman–Crippen LogP) is 18.8. The molecule has 3 heterocycles. The van der Waals surface area contributed by atoms with E-state index in [1.54, 1.807) is 18.2 Å². The van der Waals surface area contributed by atoms with Crippen LogP contribution in [0.15, 0.2) is 243 Å². The second-order valence-electron chi connectivity index (χ2n) is 19.0. The molecule has 0 N–H and O–H groups in total. The quantitative estimate of drug-likeness (QED) is 0.121. The molecule has 0 saturated heterocycles. The van der Waals surface area contributed by atoms with Gasteiger partial charge in [0, 0.05) is 26.8 Å². The Morgan fingerprint density at radius 3 is 1.18 bits per heavy atom. The van der Waals surface area contributed by atoms with Crippen LogP contribution in [0.4, 0.5) is 0 Å². The van der Waals surface area contributed by atoms with Gasteiger partial charge in [0.05, 0.1) is 0 Å². The van der Waals surface area contributed by atoms with Crippen LogP contribution < -0.4 is 0 Å². The molecule has 77 heavy (non-hydrogen) atoms. The number of hydrogen-bond acceptors (Lipinski definition) is 3. The van der Waals surface area contributed by atoms with E-state index in [1.165, 1.54) is 46.3 Å². The second-order valence-corrected chi connectivity index (χ2v) is 19.0. The number of rotatable bonds is 11. The first kappa shape index (κ1) is 43.3. The molecule has 368 valence electrons. The third-order valence-corrected chi connectivity index (χ3v) is 14.1. The predicted molar refractivity (Wildman–Crippen MR) is 315 cm³/mol. The average Bonchev–Trinajstić information content (AvgIpc) is 3.57. The Bertz CT molecular complexity index is 4290. The normalized spacial score (nSPS) is 12.5. The van der Waals surface area contributed by atoms with Crippen molar-refractivity contribution < 1.29 is 28.3 Å². The van der Waals surface area contributed by atoms with E-state index in [2.05, 4.69) is 194 Å². The molecule has 4 heteroatoms. The van der Waals surface area contributed by atoms with Crippen LogP contribution in [-0.2, 0) is 20.1 Å². The zero-order valence-corrected chi connectivity index (χ0v) is 44.7. The Labute approximate surface area is 474 Å². The summed E-state index contributed by atoms with van der Waals surface area (Å²) in [5, 5.41) is 0. The van der Waals surface area contributed by atoms with Gasteiger partial charge in [-0.05, 0) is 147 Å². The first-order valence-corrected chi connectivity index (χ1v) is 25.3. The molecular formula is C73H52IrN3. The van der Waals surface area contributed by atoms with Crippen molar-refractivity contribution in [3.8, 4) is 123 Å². The largest absolute Gasteiger partial charge is 3.00 e. The molecule has 12 aromatic rings. The third kappa shape index (κ3) is 10.6. The molecule has 0 bridgehead atoms. The van der Waals surface area contributed by atoms with Gasteiger partial charge >= 0.3 is 20.1 Å². The molecule has 9 aromatic carbocycles. The van der Waals surface area contributed by atoms with Crippen LogP contribution in [0.1, 0.15) is 30.5 Å². The van der Waals surface area contributed by atoms with Gasteiger partial charge in [0.15, 0.2) is 0 Å². The maximum absolute atomic E-state index is 7.96. The Balaban J connectivity index is 0.00000721. The van der Waals surface area contributed by atoms with E-state index < -0.39 is 13.7 Å². The Morgan fingerprint density at radius 2 is 0.740 bits per heavy atom. The second kappa shape index (κ2) is 22.1. The number of benzene rings is 9. The van der Waals surface area contributed by atoms with Crippen LogP contribution in [0.5, 0.6) is 0 Å². The SMILES string of the molecule is [2H]C([2H])([2H])c1ccc(-c2[c-]cc(-c3ccccc3-c3cc(-c4ccccc4-c4c[c-]c(-c5cc(-c6cc(C)c(-c7ccccc7)cc6C)ccn5)cc4)cc(-c4ccccc4-c4c[c-]c(-c5cc(C([2H])([2H])[2H])ccn5)cc4)c3)cc2)nc1.[Ir+3]. The van der Waals surface area contributed by atoms with Crippen LogP contribution in [0.25, 0.3) is 123 Å². The molecule has 0 spiro atoms. The average molecular weight is 1170 g/mol. The smallest absolute Gasteiger partial charge is 0.305 e. The summed E-state index contributed by atoms with van der Waals surface area (Å²) < 4.78 is 47.3.